The largest absolute Gasteiger partial charge is 0.453 e. The van der Waals surface area contributed by atoms with Gasteiger partial charge in [0, 0.05) is 25.2 Å². The molecular formula is C44H56N8O6. The molecule has 5 aliphatic rings. The fourth-order valence-corrected chi connectivity index (χ4v) is 9.93. The molecule has 58 heavy (non-hydrogen) atoms. The quantitative estimate of drug-likeness (QED) is 0.197. The Labute approximate surface area is 339 Å². The normalized spacial score (nSPS) is 27.1. The van der Waals surface area contributed by atoms with Crippen molar-refractivity contribution in [1.29, 1.82) is 0 Å². The van der Waals surface area contributed by atoms with Gasteiger partial charge in [-0.05, 0) is 73.6 Å². The number of amides is 4. The van der Waals surface area contributed by atoms with Crippen LogP contribution >= 0.6 is 0 Å². The Hall–Kier alpha value is -5.40. The molecule has 0 spiro atoms. The minimum atomic E-state index is -0.489. The van der Waals surface area contributed by atoms with E-state index in [2.05, 4.69) is 69.5 Å². The third-order valence-electron chi connectivity index (χ3n) is 13.1. The Morgan fingerprint density at radius 1 is 0.655 bits per heavy atom. The number of hydrogen-bond donors (Lipinski definition) is 4. The molecule has 1 aromatic heterocycles. The lowest BCUT2D eigenvalue weighted by Crippen LogP contribution is -2.53. The second-order valence-electron chi connectivity index (χ2n) is 16.5. The van der Waals surface area contributed by atoms with Crippen LogP contribution in [-0.4, -0.2) is 102 Å². The Morgan fingerprint density at radius 3 is 1.76 bits per heavy atom. The molecule has 2 saturated heterocycles. The summed E-state index contributed by atoms with van der Waals surface area (Å²) in [5.41, 5.74) is 5.28. The standard InChI is InChI=1S/C44H56N8O6/c1-57-43(55)49-33-11-5-3-9-31(33)41(53)51-23-7-13-37(51)39-45-25-35(47-39)29-19-15-27(16-20-29)28-17-21-30(22-18-28)36-26-46-40(48-36)38-14-8-24-52(38)42(54)32-10-4-6-12-34(32)50-44(56)58-2/h15-22,25,31-34,36-38H,3-14,23-24,26H2,1-2H3,(H,45,47)(H,46,48)(H,49,55)(H,50,56)/t31-,32-,33+,34+,36?,37-,38-/m0/s1. The van der Waals surface area contributed by atoms with Crippen LogP contribution in [0.5, 0.6) is 0 Å². The highest BCUT2D eigenvalue weighted by atomic mass is 16.5. The number of aromatic amines is 1. The third kappa shape index (κ3) is 8.28. The SMILES string of the molecule is COC(=O)N[C@@H]1CCCC[C@@H]1C(=O)N1CCC[C@H]1C1=NCC(c2ccc(-c3ccc(-c4cnc([C@@H]5CCCN5C(=O)[C@H]5CCCC[C@H]5NC(=O)OC)[nH]4)cc3)cc2)N1. The van der Waals surface area contributed by atoms with Crippen molar-refractivity contribution in [2.75, 3.05) is 33.9 Å². The molecule has 1 unspecified atom stereocenters. The maximum absolute atomic E-state index is 13.9. The first-order valence-corrected chi connectivity index (χ1v) is 21.2. The molecule has 4 amide bonds. The summed E-state index contributed by atoms with van der Waals surface area (Å²) in [5.74, 6) is 1.35. The van der Waals surface area contributed by atoms with Crippen molar-refractivity contribution in [3.05, 3.63) is 66.1 Å². The predicted octanol–water partition coefficient (Wildman–Crippen LogP) is 6.27. The topological polar surface area (TPSA) is 170 Å². The number of hydrogen-bond acceptors (Lipinski definition) is 9. The molecule has 0 radical (unpaired) electrons. The van der Waals surface area contributed by atoms with Crippen LogP contribution in [0.4, 0.5) is 9.59 Å². The van der Waals surface area contributed by atoms with E-state index < -0.39 is 12.2 Å². The zero-order valence-electron chi connectivity index (χ0n) is 33.6. The Bertz CT molecular complexity index is 1980. The van der Waals surface area contributed by atoms with E-state index in [4.69, 9.17) is 19.5 Å². The molecule has 2 aliphatic carbocycles. The number of nitrogens with zero attached hydrogens (tertiary/aromatic N) is 4. The van der Waals surface area contributed by atoms with Crippen molar-refractivity contribution < 1.29 is 28.7 Å². The summed E-state index contributed by atoms with van der Waals surface area (Å²) in [4.78, 5) is 68.8. The molecule has 4 heterocycles. The number of carbonyl (C=O) groups excluding carboxylic acids is 4. The number of nitrogens with one attached hydrogen (secondary N) is 4. The number of likely N-dealkylation sites (tertiary alicyclic amines) is 2. The van der Waals surface area contributed by atoms with Gasteiger partial charge in [-0.2, -0.15) is 0 Å². The first kappa shape index (κ1) is 39.4. The molecule has 7 atom stereocenters. The lowest BCUT2D eigenvalue weighted by molar-refractivity contribution is -0.139. The van der Waals surface area contributed by atoms with Gasteiger partial charge in [-0.3, -0.25) is 14.6 Å². The van der Waals surface area contributed by atoms with Crippen LogP contribution in [-0.2, 0) is 19.1 Å². The van der Waals surface area contributed by atoms with Gasteiger partial charge in [0.05, 0.1) is 62.6 Å². The van der Waals surface area contributed by atoms with Crippen molar-refractivity contribution in [2.24, 2.45) is 16.8 Å². The predicted molar refractivity (Wildman–Crippen MR) is 219 cm³/mol. The minimum Gasteiger partial charge on any atom is -0.453 e. The number of methoxy groups -OCH3 is 2. The number of rotatable bonds is 9. The monoisotopic (exact) mass is 792 g/mol. The highest BCUT2D eigenvalue weighted by Gasteiger charge is 2.42. The maximum atomic E-state index is 13.9. The number of alkyl carbamates (subject to hydrolysis) is 2. The fourth-order valence-electron chi connectivity index (χ4n) is 9.93. The van der Waals surface area contributed by atoms with Crippen molar-refractivity contribution in [3.63, 3.8) is 0 Å². The number of ether oxygens (including phenoxy) is 2. The lowest BCUT2D eigenvalue weighted by atomic mass is 9.83. The number of amidine groups is 1. The van der Waals surface area contributed by atoms with Gasteiger partial charge in [-0.25, -0.2) is 14.6 Å². The number of imidazole rings is 1. The van der Waals surface area contributed by atoms with Crippen LogP contribution in [0.15, 0.2) is 59.7 Å². The summed E-state index contributed by atoms with van der Waals surface area (Å²) in [6, 6.07) is 16.4. The van der Waals surface area contributed by atoms with E-state index in [9.17, 15) is 19.2 Å². The van der Waals surface area contributed by atoms with Crippen LogP contribution in [0.2, 0.25) is 0 Å². The molecule has 2 aromatic carbocycles. The number of benzene rings is 2. The second kappa shape index (κ2) is 17.6. The average molecular weight is 793 g/mol. The Morgan fingerprint density at radius 2 is 1.17 bits per heavy atom. The van der Waals surface area contributed by atoms with Crippen molar-refractivity contribution >= 4 is 29.8 Å². The summed E-state index contributed by atoms with van der Waals surface area (Å²) in [6.07, 6.45) is 11.4. The van der Waals surface area contributed by atoms with E-state index >= 15 is 0 Å². The lowest BCUT2D eigenvalue weighted by Gasteiger charge is -2.35. The van der Waals surface area contributed by atoms with Crippen molar-refractivity contribution in [1.82, 2.24) is 35.7 Å². The van der Waals surface area contributed by atoms with Crippen LogP contribution in [0.1, 0.15) is 101 Å². The first-order valence-electron chi connectivity index (χ1n) is 21.2. The molecule has 2 saturated carbocycles. The number of carbonyl (C=O) groups is 4. The molecule has 14 nitrogen and oxygen atoms in total. The highest BCUT2D eigenvalue weighted by Crippen LogP contribution is 2.37. The van der Waals surface area contributed by atoms with Gasteiger partial charge in [0.15, 0.2) is 0 Å². The first-order chi connectivity index (χ1) is 28.3. The molecule has 14 heteroatoms. The van der Waals surface area contributed by atoms with Crippen LogP contribution in [0, 0.1) is 11.8 Å². The van der Waals surface area contributed by atoms with Crippen molar-refractivity contribution in [2.45, 2.75) is 107 Å². The smallest absolute Gasteiger partial charge is 0.407 e. The number of aromatic nitrogens is 2. The van der Waals surface area contributed by atoms with Crippen LogP contribution in [0.25, 0.3) is 22.4 Å². The fraction of sp³-hybridized carbons (Fsp3) is 0.545. The number of aliphatic imine (C=N–C) groups is 1. The maximum Gasteiger partial charge on any atom is 0.407 e. The molecular weight excluding hydrogens is 737 g/mol. The summed E-state index contributed by atoms with van der Waals surface area (Å²) in [7, 11) is 2.71. The molecule has 8 rings (SSSR count). The molecule has 4 fully saturated rings. The zero-order chi connectivity index (χ0) is 40.2. The Balaban J connectivity index is 0.872. The molecule has 3 aromatic rings. The van der Waals surface area contributed by atoms with Crippen LogP contribution in [0.3, 0.4) is 0 Å². The van der Waals surface area contributed by atoms with Gasteiger partial charge in [-0.15, -0.1) is 0 Å². The summed E-state index contributed by atoms with van der Waals surface area (Å²) in [5, 5.41) is 9.46. The van der Waals surface area contributed by atoms with E-state index in [1.807, 2.05) is 16.0 Å². The summed E-state index contributed by atoms with van der Waals surface area (Å²) in [6.45, 7) is 1.99. The number of H-pyrrole nitrogens is 1. The zero-order valence-corrected chi connectivity index (χ0v) is 33.6. The van der Waals surface area contributed by atoms with Gasteiger partial charge in [-0.1, -0.05) is 74.2 Å². The second-order valence-corrected chi connectivity index (χ2v) is 16.5. The molecule has 308 valence electrons. The highest BCUT2D eigenvalue weighted by molar-refractivity contribution is 5.94. The van der Waals surface area contributed by atoms with E-state index in [-0.39, 0.29) is 53.9 Å². The van der Waals surface area contributed by atoms with Gasteiger partial charge in [0.1, 0.15) is 11.7 Å². The minimum absolute atomic E-state index is 0.0358. The van der Waals surface area contributed by atoms with Gasteiger partial charge >= 0.3 is 12.2 Å². The third-order valence-corrected chi connectivity index (χ3v) is 13.1. The van der Waals surface area contributed by atoms with E-state index in [0.29, 0.717) is 19.6 Å². The van der Waals surface area contributed by atoms with Gasteiger partial charge in [0.2, 0.25) is 11.8 Å². The van der Waals surface area contributed by atoms with E-state index in [1.54, 1.807) is 0 Å². The molecule has 0 bridgehead atoms. The molecule has 4 N–H and O–H groups in total. The molecule has 3 aliphatic heterocycles. The van der Waals surface area contributed by atoms with E-state index in [0.717, 1.165) is 117 Å². The van der Waals surface area contributed by atoms with Gasteiger partial charge in [0.25, 0.3) is 0 Å². The summed E-state index contributed by atoms with van der Waals surface area (Å²) >= 11 is 0. The Kier molecular flexibility index (Phi) is 12.0. The van der Waals surface area contributed by atoms with Crippen molar-refractivity contribution in [3.8, 4) is 22.4 Å². The van der Waals surface area contributed by atoms with Crippen LogP contribution < -0.4 is 16.0 Å². The summed E-state index contributed by atoms with van der Waals surface area (Å²) < 4.78 is 9.67. The average Bonchev–Trinajstić information content (AvgIpc) is 4.11. The van der Waals surface area contributed by atoms with Gasteiger partial charge < -0.3 is 40.2 Å². The van der Waals surface area contributed by atoms with E-state index in [1.165, 1.54) is 14.2 Å².